The fraction of sp³-hybridized carbons (Fsp3) is 0.0833. The monoisotopic (exact) mass is 197 g/mol. The average Bonchev–Trinajstić information content (AvgIpc) is 2.85. The molecule has 2 N–H and O–H groups in total. The fourth-order valence-electron chi connectivity index (χ4n) is 1.84. The summed E-state index contributed by atoms with van der Waals surface area (Å²) in [5.41, 5.74) is 4.26. The molecular formula is C12H11N3. The number of aromatic amines is 2. The highest BCUT2D eigenvalue weighted by Crippen LogP contribution is 2.24. The predicted octanol–water partition coefficient (Wildman–Crippen LogP) is 2.87. The second kappa shape index (κ2) is 2.98. The van der Waals surface area contributed by atoms with Crippen molar-refractivity contribution in [3.05, 3.63) is 42.4 Å². The highest BCUT2D eigenvalue weighted by atomic mass is 14.9. The van der Waals surface area contributed by atoms with Gasteiger partial charge in [0.15, 0.2) is 0 Å². The second-order valence-corrected chi connectivity index (χ2v) is 3.62. The van der Waals surface area contributed by atoms with Gasteiger partial charge in [0, 0.05) is 34.7 Å². The van der Waals surface area contributed by atoms with Gasteiger partial charge in [-0.25, -0.2) is 4.98 Å². The van der Waals surface area contributed by atoms with Crippen molar-refractivity contribution in [3.63, 3.8) is 0 Å². The Kier molecular flexibility index (Phi) is 1.65. The number of nitrogens with zero attached hydrogens (tertiary/aromatic N) is 1. The molecule has 0 aliphatic carbocycles. The van der Waals surface area contributed by atoms with Crippen molar-refractivity contribution < 1.29 is 0 Å². The van der Waals surface area contributed by atoms with Gasteiger partial charge < -0.3 is 9.97 Å². The van der Waals surface area contributed by atoms with Crippen LogP contribution in [0.1, 0.15) is 5.69 Å². The lowest BCUT2D eigenvalue weighted by Gasteiger charge is -2.02. The molecule has 3 heteroatoms. The Morgan fingerprint density at radius 3 is 2.87 bits per heavy atom. The van der Waals surface area contributed by atoms with Crippen LogP contribution >= 0.6 is 0 Å². The Bertz CT molecular complexity index is 590. The van der Waals surface area contributed by atoms with E-state index < -0.39 is 0 Å². The summed E-state index contributed by atoms with van der Waals surface area (Å²) >= 11 is 0. The summed E-state index contributed by atoms with van der Waals surface area (Å²) in [4.78, 5) is 10.8. The zero-order valence-corrected chi connectivity index (χ0v) is 8.41. The number of pyridine rings is 1. The standard InChI is InChI=1S/C12H11N3/c1-8-10(11-3-2-5-13-11)7-9-4-6-14-12(9)15-8/h2-7,13H,1H3,(H,14,15). The molecule has 0 saturated carbocycles. The van der Waals surface area contributed by atoms with E-state index in [2.05, 4.69) is 27.1 Å². The van der Waals surface area contributed by atoms with Gasteiger partial charge in [0.25, 0.3) is 0 Å². The van der Waals surface area contributed by atoms with Gasteiger partial charge in [0.1, 0.15) is 5.65 Å². The molecular weight excluding hydrogens is 186 g/mol. The van der Waals surface area contributed by atoms with E-state index in [1.54, 1.807) is 0 Å². The van der Waals surface area contributed by atoms with Crippen LogP contribution in [0.2, 0.25) is 0 Å². The van der Waals surface area contributed by atoms with Crippen molar-refractivity contribution in [2.75, 3.05) is 0 Å². The van der Waals surface area contributed by atoms with E-state index in [9.17, 15) is 0 Å². The largest absolute Gasteiger partial charge is 0.361 e. The number of rotatable bonds is 1. The summed E-state index contributed by atoms with van der Waals surface area (Å²) < 4.78 is 0. The Hall–Kier alpha value is -2.03. The molecule has 0 aliphatic rings. The topological polar surface area (TPSA) is 44.5 Å². The Morgan fingerprint density at radius 1 is 1.13 bits per heavy atom. The van der Waals surface area contributed by atoms with Gasteiger partial charge in [0.2, 0.25) is 0 Å². The first-order chi connectivity index (χ1) is 7.34. The molecule has 0 spiro atoms. The lowest BCUT2D eigenvalue weighted by molar-refractivity contribution is 1.21. The number of H-pyrrole nitrogens is 2. The summed E-state index contributed by atoms with van der Waals surface area (Å²) in [6.45, 7) is 2.02. The lowest BCUT2D eigenvalue weighted by atomic mass is 10.1. The van der Waals surface area contributed by atoms with Gasteiger partial charge >= 0.3 is 0 Å². The van der Waals surface area contributed by atoms with Gasteiger partial charge in [-0.1, -0.05) is 0 Å². The average molecular weight is 197 g/mol. The van der Waals surface area contributed by atoms with Gasteiger partial charge in [-0.05, 0) is 31.2 Å². The number of fused-ring (bicyclic) bond motifs is 1. The molecule has 15 heavy (non-hydrogen) atoms. The quantitative estimate of drug-likeness (QED) is 0.619. The molecule has 3 aromatic heterocycles. The first-order valence-electron chi connectivity index (χ1n) is 4.93. The van der Waals surface area contributed by atoms with Crippen LogP contribution in [0.3, 0.4) is 0 Å². The molecule has 3 aromatic rings. The fourth-order valence-corrected chi connectivity index (χ4v) is 1.84. The third-order valence-electron chi connectivity index (χ3n) is 2.61. The van der Waals surface area contributed by atoms with Crippen molar-refractivity contribution >= 4 is 11.0 Å². The molecule has 3 nitrogen and oxygen atoms in total. The van der Waals surface area contributed by atoms with Crippen molar-refractivity contribution in [2.24, 2.45) is 0 Å². The third-order valence-corrected chi connectivity index (χ3v) is 2.61. The molecule has 0 saturated heterocycles. The first-order valence-corrected chi connectivity index (χ1v) is 4.93. The van der Waals surface area contributed by atoms with Crippen molar-refractivity contribution in [1.29, 1.82) is 0 Å². The number of hydrogen-bond acceptors (Lipinski definition) is 1. The van der Waals surface area contributed by atoms with Crippen LogP contribution in [0.4, 0.5) is 0 Å². The highest BCUT2D eigenvalue weighted by molar-refractivity contribution is 5.82. The van der Waals surface area contributed by atoms with E-state index in [-0.39, 0.29) is 0 Å². The van der Waals surface area contributed by atoms with E-state index in [1.165, 1.54) is 0 Å². The Labute approximate surface area is 87.2 Å². The molecule has 74 valence electrons. The van der Waals surface area contributed by atoms with Crippen LogP contribution in [0.25, 0.3) is 22.3 Å². The third kappa shape index (κ3) is 1.24. The minimum absolute atomic E-state index is 0.947. The van der Waals surface area contributed by atoms with E-state index in [0.717, 1.165) is 28.0 Å². The lowest BCUT2D eigenvalue weighted by Crippen LogP contribution is -1.88. The molecule has 0 unspecified atom stereocenters. The maximum absolute atomic E-state index is 4.52. The molecule has 0 bridgehead atoms. The van der Waals surface area contributed by atoms with Gasteiger partial charge in [-0.15, -0.1) is 0 Å². The van der Waals surface area contributed by atoms with Crippen LogP contribution in [0, 0.1) is 6.92 Å². The maximum Gasteiger partial charge on any atom is 0.137 e. The summed E-state index contributed by atoms with van der Waals surface area (Å²) in [6, 6.07) is 8.24. The van der Waals surface area contributed by atoms with Crippen LogP contribution in [-0.2, 0) is 0 Å². The van der Waals surface area contributed by atoms with Gasteiger partial charge in [-0.2, -0.15) is 0 Å². The molecule has 0 amide bonds. The van der Waals surface area contributed by atoms with Gasteiger partial charge in [-0.3, -0.25) is 0 Å². The zero-order valence-electron chi connectivity index (χ0n) is 8.41. The van der Waals surface area contributed by atoms with Crippen molar-refractivity contribution in [1.82, 2.24) is 15.0 Å². The predicted molar refractivity (Wildman–Crippen MR) is 60.6 cm³/mol. The number of hydrogen-bond donors (Lipinski definition) is 2. The Morgan fingerprint density at radius 2 is 2.07 bits per heavy atom. The van der Waals surface area contributed by atoms with Crippen molar-refractivity contribution in [2.45, 2.75) is 6.92 Å². The van der Waals surface area contributed by atoms with E-state index in [4.69, 9.17) is 0 Å². The number of nitrogens with one attached hydrogen (secondary N) is 2. The van der Waals surface area contributed by atoms with Crippen LogP contribution in [0.15, 0.2) is 36.7 Å². The number of aromatic nitrogens is 3. The van der Waals surface area contributed by atoms with Crippen molar-refractivity contribution in [3.8, 4) is 11.3 Å². The van der Waals surface area contributed by atoms with Crippen LogP contribution in [0.5, 0.6) is 0 Å². The molecule has 3 heterocycles. The smallest absolute Gasteiger partial charge is 0.137 e. The molecule has 0 radical (unpaired) electrons. The van der Waals surface area contributed by atoms with E-state index in [1.807, 2.05) is 31.5 Å². The van der Waals surface area contributed by atoms with Crippen LogP contribution < -0.4 is 0 Å². The van der Waals surface area contributed by atoms with Gasteiger partial charge in [0.05, 0.1) is 0 Å². The number of aryl methyl sites for hydroxylation is 1. The molecule has 0 fully saturated rings. The summed E-state index contributed by atoms with van der Waals surface area (Å²) in [5.74, 6) is 0. The second-order valence-electron chi connectivity index (χ2n) is 3.62. The Balaban J connectivity index is 2.30. The van der Waals surface area contributed by atoms with Crippen LogP contribution in [-0.4, -0.2) is 15.0 Å². The summed E-state index contributed by atoms with van der Waals surface area (Å²) in [7, 11) is 0. The normalized spacial score (nSPS) is 11.0. The van der Waals surface area contributed by atoms with E-state index in [0.29, 0.717) is 0 Å². The minimum Gasteiger partial charge on any atom is -0.361 e. The molecule has 3 rings (SSSR count). The first kappa shape index (κ1) is 8.29. The SMILES string of the molecule is Cc1nc2[nH]ccc2cc1-c1ccc[nH]1. The summed E-state index contributed by atoms with van der Waals surface area (Å²) in [6.07, 6.45) is 3.84. The highest BCUT2D eigenvalue weighted by Gasteiger charge is 2.06. The minimum atomic E-state index is 0.947. The molecule has 0 atom stereocenters. The molecule has 0 aliphatic heterocycles. The zero-order chi connectivity index (χ0) is 10.3. The summed E-state index contributed by atoms with van der Waals surface area (Å²) in [5, 5.41) is 1.14. The molecule has 0 aromatic carbocycles. The maximum atomic E-state index is 4.52. The van der Waals surface area contributed by atoms with E-state index >= 15 is 0 Å².